The average molecular weight is 401 g/mol. The molecule has 2 aromatic carbocycles. The van der Waals surface area contributed by atoms with E-state index in [1.54, 1.807) is 6.21 Å². The maximum atomic E-state index is 6.11. The largest absolute Gasteiger partial charge is 0.377 e. The summed E-state index contributed by atoms with van der Waals surface area (Å²) in [7, 11) is 4.01. The summed E-state index contributed by atoms with van der Waals surface area (Å²) in [6.07, 6.45) is 1.76. The molecule has 0 saturated carbocycles. The van der Waals surface area contributed by atoms with Crippen LogP contribution in [0.5, 0.6) is 0 Å². The van der Waals surface area contributed by atoms with Gasteiger partial charge in [0.1, 0.15) is 0 Å². The van der Waals surface area contributed by atoms with Crippen molar-refractivity contribution in [2.45, 2.75) is 6.54 Å². The molecule has 6 heteroatoms. The molecule has 22 heavy (non-hydrogen) atoms. The number of halogens is 3. The molecule has 0 radical (unpaired) electrons. The minimum Gasteiger partial charge on any atom is -0.377 e. The summed E-state index contributed by atoms with van der Waals surface area (Å²) in [5, 5.41) is 5.47. The molecule has 0 bridgehead atoms. The van der Waals surface area contributed by atoms with Crippen LogP contribution in [-0.2, 0) is 6.54 Å². The van der Waals surface area contributed by atoms with Crippen LogP contribution in [0.4, 0.5) is 5.69 Å². The number of hydrogen-bond donors (Lipinski definition) is 1. The Balaban J connectivity index is 2.00. The number of hydrogen-bond acceptors (Lipinski definition) is 3. The molecule has 1 N–H and O–H groups in total. The Morgan fingerprint density at radius 1 is 1.18 bits per heavy atom. The Bertz CT molecular complexity index is 667. The Hall–Kier alpha value is -1.23. The first-order chi connectivity index (χ1) is 10.5. The topological polar surface area (TPSA) is 27.6 Å². The van der Waals surface area contributed by atoms with Gasteiger partial charge >= 0.3 is 0 Å². The highest BCUT2D eigenvalue weighted by Gasteiger charge is 2.04. The van der Waals surface area contributed by atoms with Gasteiger partial charge in [0.2, 0.25) is 0 Å². The van der Waals surface area contributed by atoms with Gasteiger partial charge in [-0.05, 0) is 45.8 Å². The normalized spacial score (nSPS) is 11.0. The lowest BCUT2D eigenvalue weighted by molar-refractivity contribution is 0.748. The lowest BCUT2D eigenvalue weighted by Crippen LogP contribution is -2.09. The first kappa shape index (κ1) is 17.1. The summed E-state index contributed by atoms with van der Waals surface area (Å²) in [6, 6.07) is 11.5. The molecule has 0 heterocycles. The summed E-state index contributed by atoms with van der Waals surface area (Å²) >= 11 is 15.8. The number of nitrogens with zero attached hydrogens (tertiary/aromatic N) is 2. The Morgan fingerprint density at radius 3 is 2.45 bits per heavy atom. The number of benzene rings is 2. The van der Waals surface area contributed by atoms with E-state index in [0.29, 0.717) is 16.6 Å². The average Bonchev–Trinajstić information content (AvgIpc) is 2.45. The lowest BCUT2D eigenvalue weighted by Gasteiger charge is -2.14. The molecule has 2 rings (SSSR count). The molecule has 116 valence electrons. The van der Waals surface area contributed by atoms with Gasteiger partial charge in [-0.15, -0.1) is 0 Å². The van der Waals surface area contributed by atoms with Gasteiger partial charge in [-0.25, -0.2) is 0 Å². The smallest absolute Gasteiger partial charge is 0.0609 e. The van der Waals surface area contributed by atoms with Gasteiger partial charge in [0, 0.05) is 34.2 Å². The second-order valence-corrected chi connectivity index (χ2v) is 6.57. The van der Waals surface area contributed by atoms with E-state index in [2.05, 4.69) is 26.5 Å². The van der Waals surface area contributed by atoms with Gasteiger partial charge in [-0.1, -0.05) is 35.3 Å². The van der Waals surface area contributed by atoms with Crippen LogP contribution in [0.25, 0.3) is 0 Å². The zero-order valence-corrected chi connectivity index (χ0v) is 15.4. The zero-order chi connectivity index (χ0) is 16.1. The summed E-state index contributed by atoms with van der Waals surface area (Å²) in [5.74, 6) is 0. The summed E-state index contributed by atoms with van der Waals surface area (Å²) in [5.41, 5.74) is 5.92. The van der Waals surface area contributed by atoms with Crippen LogP contribution in [0.1, 0.15) is 11.1 Å². The molecule has 0 aromatic heterocycles. The Labute approximate surface area is 149 Å². The molecule has 0 saturated heterocycles. The fourth-order valence-electron chi connectivity index (χ4n) is 1.91. The van der Waals surface area contributed by atoms with Gasteiger partial charge in [-0.2, -0.15) is 5.10 Å². The van der Waals surface area contributed by atoms with Crippen molar-refractivity contribution in [3.63, 3.8) is 0 Å². The minimum atomic E-state index is 0.478. The van der Waals surface area contributed by atoms with E-state index in [-0.39, 0.29) is 0 Å². The van der Waals surface area contributed by atoms with Gasteiger partial charge in [0.05, 0.1) is 18.4 Å². The third-order valence-corrected chi connectivity index (χ3v) is 4.42. The lowest BCUT2D eigenvalue weighted by atomic mass is 10.2. The highest BCUT2D eigenvalue weighted by molar-refractivity contribution is 9.10. The van der Waals surface area contributed by atoms with Crippen LogP contribution < -0.4 is 10.3 Å². The van der Waals surface area contributed by atoms with Crippen molar-refractivity contribution in [1.82, 2.24) is 5.43 Å². The molecule has 0 unspecified atom stereocenters. The predicted octanol–water partition coefficient (Wildman–Crippen LogP) is 4.95. The number of hydrazone groups is 1. The zero-order valence-electron chi connectivity index (χ0n) is 12.3. The minimum absolute atomic E-state index is 0.478. The van der Waals surface area contributed by atoms with Crippen molar-refractivity contribution in [1.29, 1.82) is 0 Å². The Kier molecular flexibility index (Phi) is 6.12. The second kappa shape index (κ2) is 7.86. The molecule has 0 spiro atoms. The van der Waals surface area contributed by atoms with Crippen LogP contribution in [0, 0.1) is 0 Å². The van der Waals surface area contributed by atoms with Crippen LogP contribution in [0.15, 0.2) is 46.0 Å². The van der Waals surface area contributed by atoms with Crippen molar-refractivity contribution >= 4 is 51.0 Å². The van der Waals surface area contributed by atoms with E-state index < -0.39 is 0 Å². The molecule has 2 aromatic rings. The van der Waals surface area contributed by atoms with Crippen LogP contribution in [0.3, 0.4) is 0 Å². The predicted molar refractivity (Wildman–Crippen MR) is 99.4 cm³/mol. The molecule has 0 aliphatic rings. The molecule has 0 aliphatic heterocycles. The molecule has 0 amide bonds. The van der Waals surface area contributed by atoms with Crippen molar-refractivity contribution in [3.05, 3.63) is 62.0 Å². The Morgan fingerprint density at radius 2 is 1.86 bits per heavy atom. The van der Waals surface area contributed by atoms with Gasteiger partial charge in [0.25, 0.3) is 0 Å². The van der Waals surface area contributed by atoms with Gasteiger partial charge < -0.3 is 10.3 Å². The van der Waals surface area contributed by atoms with Crippen molar-refractivity contribution in [2.24, 2.45) is 5.10 Å². The quantitative estimate of drug-likeness (QED) is 0.568. The van der Waals surface area contributed by atoms with E-state index in [0.717, 1.165) is 21.3 Å². The first-order valence-corrected chi connectivity index (χ1v) is 8.19. The number of rotatable bonds is 5. The summed E-state index contributed by atoms with van der Waals surface area (Å²) < 4.78 is 1.02. The van der Waals surface area contributed by atoms with Crippen LogP contribution >= 0.6 is 39.1 Å². The maximum absolute atomic E-state index is 6.11. The van der Waals surface area contributed by atoms with Gasteiger partial charge in [-0.3, -0.25) is 0 Å². The highest BCUT2D eigenvalue weighted by Crippen LogP contribution is 2.25. The third-order valence-electron chi connectivity index (χ3n) is 3.08. The highest BCUT2D eigenvalue weighted by atomic mass is 79.9. The van der Waals surface area contributed by atoms with Crippen LogP contribution in [0.2, 0.25) is 10.0 Å². The van der Waals surface area contributed by atoms with E-state index in [1.165, 1.54) is 0 Å². The monoisotopic (exact) mass is 399 g/mol. The first-order valence-electron chi connectivity index (χ1n) is 6.64. The summed E-state index contributed by atoms with van der Waals surface area (Å²) in [4.78, 5) is 2.04. The van der Waals surface area contributed by atoms with Gasteiger partial charge in [0.15, 0.2) is 0 Å². The van der Waals surface area contributed by atoms with E-state index in [4.69, 9.17) is 23.2 Å². The molecule has 0 aliphatic carbocycles. The van der Waals surface area contributed by atoms with Crippen LogP contribution in [-0.4, -0.2) is 20.3 Å². The molecule has 3 nitrogen and oxygen atoms in total. The maximum Gasteiger partial charge on any atom is 0.0609 e. The molecular weight excluding hydrogens is 385 g/mol. The van der Waals surface area contributed by atoms with Crippen molar-refractivity contribution < 1.29 is 0 Å². The van der Waals surface area contributed by atoms with E-state index in [1.807, 2.05) is 55.4 Å². The fraction of sp³-hybridized carbons (Fsp3) is 0.188. The van der Waals surface area contributed by atoms with Crippen molar-refractivity contribution in [2.75, 3.05) is 19.0 Å². The standard InChI is InChI=1S/C16H16BrCl2N3/c1-22(2)16-7-6-11(8-13(16)17)9-20-21-10-12-14(18)4-3-5-15(12)19/h3-9,21H,10H2,1-2H3/b20-9-. The number of nitrogens with one attached hydrogen (secondary N) is 1. The van der Waals surface area contributed by atoms with Crippen molar-refractivity contribution in [3.8, 4) is 0 Å². The molecule has 0 atom stereocenters. The SMILES string of the molecule is CN(C)c1ccc(/C=N\NCc2c(Cl)cccc2Cl)cc1Br. The summed E-state index contributed by atoms with van der Waals surface area (Å²) in [6.45, 7) is 0.478. The van der Waals surface area contributed by atoms with E-state index >= 15 is 0 Å². The third kappa shape index (κ3) is 4.38. The molecular formula is C16H16BrCl2N3. The second-order valence-electron chi connectivity index (χ2n) is 4.90. The van der Waals surface area contributed by atoms with E-state index in [9.17, 15) is 0 Å². The molecule has 0 fully saturated rings. The fourth-order valence-corrected chi connectivity index (χ4v) is 3.19. The number of anilines is 1.